The Labute approximate surface area is 159 Å². The summed E-state index contributed by atoms with van der Waals surface area (Å²) in [5.74, 6) is 0. The number of H-pyrrole nitrogens is 2. The van der Waals surface area contributed by atoms with E-state index >= 15 is 0 Å². The molecule has 2 rings (SSSR count). The SMILES string of the molecule is [O]P(=O)(O)OP(=O)(O)OP(=O)(O)OCC1O[C@H](c2c[nH]c(=O)[nH]c2=O)C(O)C1O. The highest BCUT2D eigenvalue weighted by atomic mass is 31.3. The van der Waals surface area contributed by atoms with Crippen molar-refractivity contribution in [1.82, 2.24) is 9.97 Å². The zero-order valence-electron chi connectivity index (χ0n) is 13.8. The summed E-state index contributed by atoms with van der Waals surface area (Å²) < 4.78 is 49.5. The standard InChI is InChI=1S/C9H14N2O15P3/c12-5-4(2-23-28(19,20)26-29(21,22)25-27(16,17)18)24-7(6(5)13)3-1-10-9(15)11-8(3)14/h1,4-7,12-13H,2H2,(H,16,17)(H,19,20)(H,21,22)(H2,10,11,14,15)/t4?,5?,6?,7-/m1/s1. The Morgan fingerprint density at radius 2 is 1.66 bits per heavy atom. The largest absolute Gasteiger partial charge is 0.508 e. The lowest BCUT2D eigenvalue weighted by Gasteiger charge is -2.18. The molecule has 1 fully saturated rings. The number of aliphatic hydroxyl groups is 2. The average molecular weight is 483 g/mol. The summed E-state index contributed by atoms with van der Waals surface area (Å²) in [5, 5.41) is 19.9. The van der Waals surface area contributed by atoms with E-state index in [2.05, 4.69) is 18.1 Å². The lowest BCUT2D eigenvalue weighted by Crippen LogP contribution is -2.34. The van der Waals surface area contributed by atoms with Gasteiger partial charge in [-0.05, 0) is 0 Å². The number of aliphatic hydroxyl groups excluding tert-OH is 2. The summed E-state index contributed by atoms with van der Waals surface area (Å²) in [4.78, 5) is 63.8. The quantitative estimate of drug-likeness (QED) is 0.197. The van der Waals surface area contributed by atoms with Crippen molar-refractivity contribution in [2.45, 2.75) is 24.4 Å². The molecule has 0 bridgehead atoms. The average Bonchev–Trinajstić information content (AvgIpc) is 2.78. The minimum atomic E-state index is -5.81. The van der Waals surface area contributed by atoms with Crippen molar-refractivity contribution in [1.29, 1.82) is 0 Å². The van der Waals surface area contributed by atoms with Gasteiger partial charge in [0.05, 0.1) is 12.2 Å². The van der Waals surface area contributed by atoms with Gasteiger partial charge in [-0.25, -0.2) is 18.5 Å². The molecule has 2 heterocycles. The van der Waals surface area contributed by atoms with Gasteiger partial charge in [0.1, 0.15) is 24.4 Å². The third-order valence-electron chi connectivity index (χ3n) is 3.33. The van der Waals surface area contributed by atoms with Crippen molar-refractivity contribution in [3.8, 4) is 0 Å². The van der Waals surface area contributed by atoms with E-state index in [-0.39, 0.29) is 5.56 Å². The van der Waals surface area contributed by atoms with Crippen LogP contribution in [0.25, 0.3) is 0 Å². The van der Waals surface area contributed by atoms with E-state index in [0.29, 0.717) is 0 Å². The molecule has 0 spiro atoms. The van der Waals surface area contributed by atoms with Crippen LogP contribution in [0.5, 0.6) is 0 Å². The highest BCUT2D eigenvalue weighted by Gasteiger charge is 2.47. The van der Waals surface area contributed by atoms with Gasteiger partial charge in [-0.3, -0.25) is 14.3 Å². The van der Waals surface area contributed by atoms with Gasteiger partial charge >= 0.3 is 29.2 Å². The zero-order valence-corrected chi connectivity index (χ0v) is 16.4. The van der Waals surface area contributed by atoms with Gasteiger partial charge in [0, 0.05) is 6.20 Å². The van der Waals surface area contributed by atoms with Crippen molar-refractivity contribution in [2.75, 3.05) is 6.61 Å². The first-order valence-electron chi connectivity index (χ1n) is 7.20. The van der Waals surface area contributed by atoms with Crippen LogP contribution in [0.4, 0.5) is 0 Å². The number of nitrogens with one attached hydrogen (secondary N) is 2. The molecule has 0 aliphatic carbocycles. The fraction of sp³-hybridized carbons (Fsp3) is 0.556. The first-order valence-corrected chi connectivity index (χ1v) is 11.7. The molecule has 1 aromatic rings. The monoisotopic (exact) mass is 483 g/mol. The van der Waals surface area contributed by atoms with Crippen LogP contribution < -0.4 is 11.2 Å². The van der Waals surface area contributed by atoms with Gasteiger partial charge < -0.3 is 34.6 Å². The molecular weight excluding hydrogens is 469 g/mol. The van der Waals surface area contributed by atoms with Gasteiger partial charge in [-0.15, -0.1) is 4.89 Å². The van der Waals surface area contributed by atoms with Crippen molar-refractivity contribution < 1.29 is 61.4 Å². The fourth-order valence-corrected chi connectivity index (χ4v) is 5.24. The maximum atomic E-state index is 11.7. The molecule has 1 saturated heterocycles. The summed E-state index contributed by atoms with van der Waals surface area (Å²) in [6.07, 6.45) is -5.70. The Hall–Kier alpha value is -1.03. The van der Waals surface area contributed by atoms with Crippen molar-refractivity contribution in [3.63, 3.8) is 0 Å². The van der Waals surface area contributed by atoms with E-state index in [0.717, 1.165) is 6.20 Å². The maximum absolute atomic E-state index is 11.7. The Balaban J connectivity index is 2.06. The lowest BCUT2D eigenvalue weighted by molar-refractivity contribution is -0.0227. The number of phosphoric ester groups is 1. The van der Waals surface area contributed by atoms with Crippen LogP contribution >= 0.6 is 23.5 Å². The van der Waals surface area contributed by atoms with Crippen LogP contribution in [0.15, 0.2) is 15.8 Å². The highest BCUT2D eigenvalue weighted by Crippen LogP contribution is 2.66. The fourth-order valence-electron chi connectivity index (χ4n) is 2.24. The zero-order chi connectivity index (χ0) is 22.2. The molecule has 165 valence electrons. The maximum Gasteiger partial charge on any atom is 0.508 e. The number of hydrogen-bond donors (Lipinski definition) is 7. The van der Waals surface area contributed by atoms with E-state index < -0.39 is 65.7 Å². The number of aromatic amines is 2. The van der Waals surface area contributed by atoms with E-state index in [9.17, 15) is 43.3 Å². The molecule has 0 saturated carbocycles. The normalized spacial score (nSPS) is 29.3. The number of aromatic nitrogens is 2. The molecule has 17 nitrogen and oxygen atoms in total. The molecule has 29 heavy (non-hydrogen) atoms. The van der Waals surface area contributed by atoms with E-state index in [4.69, 9.17) is 14.5 Å². The van der Waals surface area contributed by atoms with Crippen LogP contribution in [-0.4, -0.2) is 59.8 Å². The predicted octanol–water partition coefficient (Wildman–Crippen LogP) is -1.99. The molecule has 20 heteroatoms. The number of phosphoric acid groups is 2. The Bertz CT molecular complexity index is 997. The summed E-state index contributed by atoms with van der Waals surface area (Å²) in [6.45, 7) is -1.06. The highest BCUT2D eigenvalue weighted by molar-refractivity contribution is 7.66. The second-order valence-corrected chi connectivity index (χ2v) is 9.84. The van der Waals surface area contributed by atoms with E-state index in [1.165, 1.54) is 0 Å². The van der Waals surface area contributed by atoms with Gasteiger partial charge in [0.15, 0.2) is 0 Å². The van der Waals surface area contributed by atoms with Gasteiger partial charge in [0.25, 0.3) is 5.56 Å². The molecule has 0 aromatic carbocycles. The number of ether oxygens (including phenoxy) is 1. The summed E-state index contributed by atoms with van der Waals surface area (Å²) >= 11 is 0. The minimum absolute atomic E-state index is 0.301. The van der Waals surface area contributed by atoms with Crippen LogP contribution in [0, 0.1) is 0 Å². The lowest BCUT2D eigenvalue weighted by atomic mass is 10.0. The van der Waals surface area contributed by atoms with Crippen molar-refractivity contribution >= 4 is 23.5 Å². The third kappa shape index (κ3) is 6.73. The first kappa shape index (κ1) is 24.2. The molecule has 7 N–H and O–H groups in total. The van der Waals surface area contributed by atoms with Crippen molar-refractivity contribution in [2.24, 2.45) is 0 Å². The molecule has 1 radical (unpaired) electrons. The Morgan fingerprint density at radius 1 is 1.03 bits per heavy atom. The number of hydrogen-bond acceptors (Lipinski definition) is 11. The third-order valence-corrected chi connectivity index (χ3v) is 7.11. The van der Waals surface area contributed by atoms with Gasteiger partial charge in [0.2, 0.25) is 0 Å². The summed E-state index contributed by atoms with van der Waals surface area (Å²) in [6, 6.07) is 0. The molecule has 6 unspecified atom stereocenters. The van der Waals surface area contributed by atoms with Crippen LogP contribution in [0.3, 0.4) is 0 Å². The molecule has 1 aliphatic rings. The molecule has 1 aromatic heterocycles. The van der Waals surface area contributed by atoms with Crippen LogP contribution in [0.2, 0.25) is 0 Å². The van der Waals surface area contributed by atoms with Crippen LogP contribution in [-0.2, 0) is 36.5 Å². The Kier molecular flexibility index (Phi) is 7.20. The smallest absolute Gasteiger partial charge is 0.387 e. The predicted molar refractivity (Wildman–Crippen MR) is 85.6 cm³/mol. The van der Waals surface area contributed by atoms with E-state index in [1.807, 2.05) is 4.98 Å². The minimum Gasteiger partial charge on any atom is -0.387 e. The molecule has 7 atom stereocenters. The topological polar surface area (TPSA) is 275 Å². The van der Waals surface area contributed by atoms with Gasteiger partial charge in [-0.2, -0.15) is 8.62 Å². The van der Waals surface area contributed by atoms with Crippen molar-refractivity contribution in [3.05, 3.63) is 32.6 Å². The summed E-state index contributed by atoms with van der Waals surface area (Å²) in [5.41, 5.74) is -2.11. The number of rotatable bonds is 8. The molecular formula is C9H14N2O15P3. The Morgan fingerprint density at radius 3 is 2.21 bits per heavy atom. The summed E-state index contributed by atoms with van der Waals surface area (Å²) in [7, 11) is -17.1. The molecule has 1 aliphatic heterocycles. The second kappa shape index (κ2) is 8.61. The second-order valence-electron chi connectivity index (χ2n) is 5.47. The molecule has 0 amide bonds. The van der Waals surface area contributed by atoms with Crippen LogP contribution in [0.1, 0.15) is 11.7 Å². The van der Waals surface area contributed by atoms with Gasteiger partial charge in [-0.1, -0.05) is 0 Å². The van der Waals surface area contributed by atoms with E-state index in [1.54, 1.807) is 0 Å². The first-order chi connectivity index (χ1) is 13.1.